The van der Waals surface area contributed by atoms with Crippen LogP contribution in [0.4, 0.5) is 18.9 Å². The highest BCUT2D eigenvalue weighted by atomic mass is 35.5. The maximum atomic E-state index is 13.4. The lowest BCUT2D eigenvalue weighted by atomic mass is 9.83. The van der Waals surface area contributed by atoms with Crippen LogP contribution >= 0.6 is 11.6 Å². The van der Waals surface area contributed by atoms with Gasteiger partial charge in [0.25, 0.3) is 0 Å². The zero-order valence-electron chi connectivity index (χ0n) is 19.8. The van der Waals surface area contributed by atoms with E-state index in [2.05, 4.69) is 5.32 Å². The molecule has 0 saturated carbocycles. The number of hydrogen-bond donors (Lipinski definition) is 1. The van der Waals surface area contributed by atoms with Gasteiger partial charge < -0.3 is 10.1 Å². The molecule has 0 bridgehead atoms. The SMILES string of the molecule is CCC1(CC)C[C@H](NC(=O)[C@H](C)N(c2ccc(Cl)c(C(F)(F)F)c2)S(C)(=O)=O)c2ccccc2O1. The predicted molar refractivity (Wildman–Crippen MR) is 129 cm³/mol. The number of para-hydroxylation sites is 1. The van der Waals surface area contributed by atoms with E-state index in [0.717, 1.165) is 24.0 Å². The molecule has 11 heteroatoms. The lowest BCUT2D eigenvalue weighted by Crippen LogP contribution is -2.51. The molecule has 0 radical (unpaired) electrons. The van der Waals surface area contributed by atoms with Crippen LogP contribution in [-0.4, -0.2) is 32.2 Å². The van der Waals surface area contributed by atoms with Crippen molar-refractivity contribution in [3.05, 3.63) is 58.6 Å². The van der Waals surface area contributed by atoms with E-state index in [9.17, 15) is 26.4 Å². The third kappa shape index (κ3) is 5.69. The van der Waals surface area contributed by atoms with Gasteiger partial charge in [-0.2, -0.15) is 13.2 Å². The number of nitrogens with zero attached hydrogens (tertiary/aromatic N) is 1. The molecule has 1 amide bonds. The van der Waals surface area contributed by atoms with Gasteiger partial charge in [-0.3, -0.25) is 9.10 Å². The fourth-order valence-electron chi connectivity index (χ4n) is 4.40. The first kappa shape index (κ1) is 27.1. The number of sulfonamides is 1. The summed E-state index contributed by atoms with van der Waals surface area (Å²) in [5.74, 6) is -0.0189. The van der Waals surface area contributed by atoms with E-state index >= 15 is 0 Å². The molecule has 1 aliphatic rings. The molecule has 0 aliphatic carbocycles. The number of rotatable bonds is 7. The van der Waals surface area contributed by atoms with E-state index in [0.29, 0.717) is 35.4 Å². The number of benzene rings is 2. The summed E-state index contributed by atoms with van der Waals surface area (Å²) in [4.78, 5) is 13.3. The summed E-state index contributed by atoms with van der Waals surface area (Å²) in [6.07, 6.45) is -2.10. The highest BCUT2D eigenvalue weighted by Crippen LogP contribution is 2.43. The minimum atomic E-state index is -4.79. The number of carbonyl (C=O) groups excluding carboxylic acids is 1. The molecular formula is C24H28ClF3N2O4S. The minimum absolute atomic E-state index is 0.310. The average Bonchev–Trinajstić information content (AvgIpc) is 2.78. The fraction of sp³-hybridized carbons (Fsp3) is 0.458. The number of halogens is 4. The van der Waals surface area contributed by atoms with Gasteiger partial charge in [-0.1, -0.05) is 43.6 Å². The number of hydrogen-bond acceptors (Lipinski definition) is 4. The predicted octanol–water partition coefficient (Wildman–Crippen LogP) is 5.71. The highest BCUT2D eigenvalue weighted by Gasteiger charge is 2.41. The summed E-state index contributed by atoms with van der Waals surface area (Å²) < 4.78 is 72.3. The highest BCUT2D eigenvalue weighted by molar-refractivity contribution is 7.92. The van der Waals surface area contributed by atoms with Crippen LogP contribution in [0.25, 0.3) is 0 Å². The molecule has 1 heterocycles. The molecule has 0 aromatic heterocycles. The van der Waals surface area contributed by atoms with Crippen molar-refractivity contribution < 1.29 is 31.1 Å². The van der Waals surface area contributed by atoms with E-state index in [1.807, 2.05) is 38.1 Å². The Morgan fingerprint density at radius 1 is 1.23 bits per heavy atom. The van der Waals surface area contributed by atoms with Gasteiger partial charge in [0.05, 0.1) is 28.6 Å². The summed E-state index contributed by atoms with van der Waals surface area (Å²) in [5.41, 5.74) is -1.26. The Balaban J connectivity index is 1.96. The van der Waals surface area contributed by atoms with E-state index in [4.69, 9.17) is 16.3 Å². The van der Waals surface area contributed by atoms with E-state index in [-0.39, 0.29) is 5.69 Å². The van der Waals surface area contributed by atoms with Gasteiger partial charge in [0.1, 0.15) is 17.4 Å². The first-order valence-corrected chi connectivity index (χ1v) is 13.4. The molecule has 1 aliphatic heterocycles. The fourth-order valence-corrected chi connectivity index (χ4v) is 5.79. The number of nitrogens with one attached hydrogen (secondary N) is 1. The number of alkyl halides is 3. The molecule has 2 aromatic rings. The topological polar surface area (TPSA) is 75.7 Å². The number of carbonyl (C=O) groups is 1. The maximum absolute atomic E-state index is 13.4. The first-order chi connectivity index (χ1) is 16.2. The number of amides is 1. The standard InChI is InChI=1S/C24H28ClF3N2O4S/c1-5-23(6-2)14-20(17-9-7-8-10-21(17)34-23)29-22(31)15(3)30(35(4,32)33)16-11-12-19(25)18(13-16)24(26,27)28/h7-13,15,20H,5-6,14H2,1-4H3,(H,29,31)/t15-,20-/m0/s1. The van der Waals surface area contributed by atoms with Gasteiger partial charge in [0.2, 0.25) is 15.9 Å². The molecule has 2 aromatic carbocycles. The largest absolute Gasteiger partial charge is 0.487 e. The summed E-state index contributed by atoms with van der Waals surface area (Å²) in [6, 6.07) is 8.22. The maximum Gasteiger partial charge on any atom is 0.417 e. The molecule has 35 heavy (non-hydrogen) atoms. The molecule has 0 spiro atoms. The second-order valence-electron chi connectivity index (χ2n) is 8.69. The molecule has 3 rings (SSSR count). The van der Waals surface area contributed by atoms with Crippen LogP contribution in [0.15, 0.2) is 42.5 Å². The first-order valence-electron chi connectivity index (χ1n) is 11.2. The van der Waals surface area contributed by atoms with Crippen molar-refractivity contribution in [1.29, 1.82) is 0 Å². The molecule has 1 N–H and O–H groups in total. The Kier molecular flexibility index (Phi) is 7.67. The Morgan fingerprint density at radius 3 is 2.43 bits per heavy atom. The zero-order valence-corrected chi connectivity index (χ0v) is 21.4. The van der Waals surface area contributed by atoms with Gasteiger partial charge in [0.15, 0.2) is 0 Å². The van der Waals surface area contributed by atoms with Gasteiger partial charge in [-0.05, 0) is 44.0 Å². The Bertz CT molecular complexity index is 1200. The Morgan fingerprint density at radius 2 is 1.86 bits per heavy atom. The number of ether oxygens (including phenoxy) is 1. The van der Waals surface area contributed by atoms with Crippen molar-refractivity contribution in [2.45, 2.75) is 63.9 Å². The smallest absolute Gasteiger partial charge is 0.417 e. The summed E-state index contributed by atoms with van der Waals surface area (Å²) >= 11 is 5.69. The second-order valence-corrected chi connectivity index (χ2v) is 11.0. The quantitative estimate of drug-likeness (QED) is 0.495. The number of anilines is 1. The second kappa shape index (κ2) is 9.89. The molecule has 0 fully saturated rings. The van der Waals surface area contributed by atoms with Crippen molar-refractivity contribution in [2.24, 2.45) is 0 Å². The van der Waals surface area contributed by atoms with E-state index in [1.165, 1.54) is 6.92 Å². The van der Waals surface area contributed by atoms with Crippen molar-refractivity contribution >= 4 is 33.2 Å². The minimum Gasteiger partial charge on any atom is -0.487 e. The Hall–Kier alpha value is -2.46. The van der Waals surface area contributed by atoms with Crippen molar-refractivity contribution in [1.82, 2.24) is 5.32 Å². The molecule has 0 unspecified atom stereocenters. The van der Waals surface area contributed by atoms with Crippen LogP contribution in [0, 0.1) is 0 Å². The lowest BCUT2D eigenvalue weighted by molar-refractivity contribution is -0.137. The molecule has 2 atom stereocenters. The van der Waals surface area contributed by atoms with Gasteiger partial charge in [0, 0.05) is 12.0 Å². The van der Waals surface area contributed by atoms with E-state index < -0.39 is 50.4 Å². The summed E-state index contributed by atoms with van der Waals surface area (Å²) in [7, 11) is -4.13. The van der Waals surface area contributed by atoms with Crippen molar-refractivity contribution in [2.75, 3.05) is 10.6 Å². The van der Waals surface area contributed by atoms with Gasteiger partial charge in [-0.15, -0.1) is 0 Å². The number of fused-ring (bicyclic) bond motifs is 1. The normalized spacial score (nSPS) is 18.2. The van der Waals surface area contributed by atoms with Crippen LogP contribution in [0.2, 0.25) is 5.02 Å². The molecule has 0 saturated heterocycles. The monoisotopic (exact) mass is 532 g/mol. The van der Waals surface area contributed by atoms with Crippen LogP contribution in [0.3, 0.4) is 0 Å². The van der Waals surface area contributed by atoms with Gasteiger partial charge in [-0.25, -0.2) is 8.42 Å². The van der Waals surface area contributed by atoms with Crippen molar-refractivity contribution in [3.8, 4) is 5.75 Å². The molecule has 192 valence electrons. The zero-order chi connectivity index (χ0) is 26.2. The van der Waals surface area contributed by atoms with E-state index in [1.54, 1.807) is 0 Å². The summed E-state index contributed by atoms with van der Waals surface area (Å²) in [5, 5.41) is 2.34. The average molecular weight is 533 g/mol. The Labute approximate surface area is 208 Å². The molecule has 6 nitrogen and oxygen atoms in total. The lowest BCUT2D eigenvalue weighted by Gasteiger charge is -2.42. The van der Waals surface area contributed by atoms with Gasteiger partial charge >= 0.3 is 6.18 Å². The summed E-state index contributed by atoms with van der Waals surface area (Å²) in [6.45, 7) is 5.31. The van der Waals surface area contributed by atoms with Crippen LogP contribution < -0.4 is 14.4 Å². The third-order valence-corrected chi connectivity index (χ3v) is 7.97. The van der Waals surface area contributed by atoms with Crippen molar-refractivity contribution in [3.63, 3.8) is 0 Å². The van der Waals surface area contributed by atoms with Crippen LogP contribution in [0.5, 0.6) is 5.75 Å². The van der Waals surface area contributed by atoms with Crippen LogP contribution in [-0.2, 0) is 21.0 Å². The van der Waals surface area contributed by atoms with Crippen LogP contribution in [0.1, 0.15) is 57.2 Å². The third-order valence-electron chi connectivity index (χ3n) is 6.40. The molecular weight excluding hydrogens is 505 g/mol.